The molecule has 4 aliphatic rings. The van der Waals surface area contributed by atoms with E-state index in [1.807, 2.05) is 36.4 Å². The summed E-state index contributed by atoms with van der Waals surface area (Å²) in [6.45, 7) is 0. The number of rotatable bonds is 5. The second-order valence-electron chi connectivity index (χ2n) is 15.5. The maximum absolute atomic E-state index is 6.83. The number of aliphatic imine (C=N–C) groups is 2. The fourth-order valence-electron chi connectivity index (χ4n) is 9.81. The van der Waals surface area contributed by atoms with E-state index in [9.17, 15) is 0 Å². The summed E-state index contributed by atoms with van der Waals surface area (Å²) in [6, 6.07) is 57.8. The van der Waals surface area contributed by atoms with Crippen LogP contribution in [0.3, 0.4) is 0 Å². The number of allylic oxidation sites excluding steroid dienone is 2. The van der Waals surface area contributed by atoms with E-state index >= 15 is 0 Å². The summed E-state index contributed by atoms with van der Waals surface area (Å²) in [5.41, 5.74) is 15.0. The van der Waals surface area contributed by atoms with Gasteiger partial charge in [-0.3, -0.25) is 0 Å². The van der Waals surface area contributed by atoms with Crippen LogP contribution >= 0.6 is 0 Å². The van der Waals surface area contributed by atoms with Gasteiger partial charge in [-0.25, -0.2) is 9.98 Å². The lowest BCUT2D eigenvalue weighted by atomic mass is 9.74. The molecule has 0 radical (unpaired) electrons. The maximum atomic E-state index is 6.83. The Bertz CT molecular complexity index is 3060. The molecule has 276 valence electrons. The Kier molecular flexibility index (Phi) is 7.49. The summed E-state index contributed by atoms with van der Waals surface area (Å²) in [6.07, 6.45) is 6.97. The Morgan fingerprint density at radius 2 is 1.22 bits per heavy atom. The van der Waals surface area contributed by atoms with Gasteiger partial charge in [0.15, 0.2) is 6.17 Å². The van der Waals surface area contributed by atoms with Crippen LogP contribution in [0.4, 0.5) is 0 Å². The number of furan rings is 1. The van der Waals surface area contributed by atoms with Crippen LogP contribution in [-0.4, -0.2) is 17.8 Å². The van der Waals surface area contributed by atoms with Gasteiger partial charge in [0, 0.05) is 33.4 Å². The zero-order valence-corrected chi connectivity index (χ0v) is 31.5. The van der Waals surface area contributed by atoms with Crippen LogP contribution in [0, 0.1) is 0 Å². The first kappa shape index (κ1) is 33.0. The lowest BCUT2D eigenvalue weighted by Crippen LogP contribution is -2.36. The van der Waals surface area contributed by atoms with Crippen molar-refractivity contribution in [3.63, 3.8) is 0 Å². The largest absolute Gasteiger partial charge is 0.485 e. The van der Waals surface area contributed by atoms with E-state index in [4.69, 9.17) is 19.1 Å². The highest BCUT2D eigenvalue weighted by atomic mass is 16.5. The Morgan fingerprint density at radius 1 is 0.552 bits per heavy atom. The van der Waals surface area contributed by atoms with E-state index in [-0.39, 0.29) is 17.9 Å². The third kappa shape index (κ3) is 5.16. The molecule has 2 aliphatic carbocycles. The quantitative estimate of drug-likeness (QED) is 0.191. The molecule has 7 aromatic carbocycles. The number of amidine groups is 2. The lowest BCUT2D eigenvalue weighted by molar-refractivity contribution is 0.271. The zero-order valence-electron chi connectivity index (χ0n) is 31.5. The van der Waals surface area contributed by atoms with E-state index in [1.54, 1.807) is 0 Å². The number of fused-ring (bicyclic) bond motifs is 9. The fourth-order valence-corrected chi connectivity index (χ4v) is 9.81. The van der Waals surface area contributed by atoms with E-state index in [2.05, 4.69) is 151 Å². The summed E-state index contributed by atoms with van der Waals surface area (Å²) < 4.78 is 13.6. The second kappa shape index (κ2) is 13.2. The molecule has 2 aliphatic heterocycles. The monoisotopic (exact) mass is 747 g/mol. The topological polar surface area (TPSA) is 59.1 Å². The summed E-state index contributed by atoms with van der Waals surface area (Å²) in [4.78, 5) is 10.4. The highest BCUT2D eigenvalue weighted by Gasteiger charge is 2.41. The number of nitrogens with one attached hydrogen (secondary N) is 1. The first-order valence-electron chi connectivity index (χ1n) is 20.1. The van der Waals surface area contributed by atoms with Crippen LogP contribution in [0.1, 0.15) is 62.5 Å². The molecule has 4 unspecified atom stereocenters. The molecule has 4 atom stereocenters. The average Bonchev–Trinajstić information content (AvgIpc) is 3.88. The fraction of sp³-hybridized carbons (Fsp3) is 0.0943. The number of hydrogen-bond acceptors (Lipinski definition) is 5. The number of ether oxygens (including phenoxy) is 1. The van der Waals surface area contributed by atoms with Gasteiger partial charge >= 0.3 is 0 Å². The maximum Gasteiger partial charge on any atom is 0.169 e. The van der Waals surface area contributed by atoms with E-state index < -0.39 is 6.17 Å². The van der Waals surface area contributed by atoms with Crippen LogP contribution in [0.25, 0.3) is 38.6 Å². The molecule has 0 amide bonds. The van der Waals surface area contributed by atoms with Gasteiger partial charge in [0.2, 0.25) is 0 Å². The summed E-state index contributed by atoms with van der Waals surface area (Å²) in [5, 5.41) is 5.99. The van der Waals surface area contributed by atoms with Crippen molar-refractivity contribution >= 4 is 39.2 Å². The summed E-state index contributed by atoms with van der Waals surface area (Å²) in [7, 11) is 0. The van der Waals surface area contributed by atoms with Gasteiger partial charge in [0.05, 0.1) is 5.92 Å². The first-order valence-corrected chi connectivity index (χ1v) is 20.1. The molecule has 3 heterocycles. The van der Waals surface area contributed by atoms with Gasteiger partial charge < -0.3 is 14.5 Å². The molecular weight excluding hydrogens is 711 g/mol. The third-order valence-electron chi connectivity index (χ3n) is 12.3. The van der Waals surface area contributed by atoms with Gasteiger partial charge in [-0.05, 0) is 75.2 Å². The van der Waals surface area contributed by atoms with Crippen molar-refractivity contribution in [2.24, 2.45) is 9.98 Å². The van der Waals surface area contributed by atoms with Crippen LogP contribution in [-0.2, 0) is 6.42 Å². The molecule has 0 spiro atoms. The highest BCUT2D eigenvalue weighted by molar-refractivity contribution is 6.17. The molecule has 58 heavy (non-hydrogen) atoms. The zero-order chi connectivity index (χ0) is 38.2. The van der Waals surface area contributed by atoms with Gasteiger partial charge in [0.25, 0.3) is 0 Å². The molecule has 8 aromatic rings. The van der Waals surface area contributed by atoms with E-state index in [0.717, 1.165) is 68.2 Å². The molecule has 1 N–H and O–H groups in total. The van der Waals surface area contributed by atoms with E-state index in [0.29, 0.717) is 0 Å². The van der Waals surface area contributed by atoms with Gasteiger partial charge in [0.1, 0.15) is 34.7 Å². The Balaban J connectivity index is 1.02. The van der Waals surface area contributed by atoms with Gasteiger partial charge in [-0.1, -0.05) is 158 Å². The molecule has 1 aromatic heterocycles. The van der Waals surface area contributed by atoms with E-state index in [1.165, 1.54) is 38.8 Å². The van der Waals surface area contributed by atoms with Crippen LogP contribution in [0.5, 0.6) is 5.75 Å². The number of benzene rings is 7. The second-order valence-corrected chi connectivity index (χ2v) is 15.5. The minimum absolute atomic E-state index is 0.0834. The SMILES string of the molecule is C1=CC2Oc3cccc(C4=NC(c5ccccc5)N=C(c5ccccc5)N4)c3C2C(c2cccc3oc4cccc(C5Cc6ccccc6-c6ccccc65)c4c23)=C1. The predicted octanol–water partition coefficient (Wildman–Crippen LogP) is 11.9. The molecule has 0 saturated carbocycles. The molecule has 0 bridgehead atoms. The normalized spacial score (nSPS) is 20.2. The minimum Gasteiger partial charge on any atom is -0.485 e. The van der Waals surface area contributed by atoms with Crippen molar-refractivity contribution in [2.45, 2.75) is 30.5 Å². The van der Waals surface area contributed by atoms with Crippen molar-refractivity contribution in [3.8, 4) is 16.9 Å². The van der Waals surface area contributed by atoms with Crippen LogP contribution in [0.15, 0.2) is 196 Å². The molecule has 0 saturated heterocycles. The van der Waals surface area contributed by atoms with Crippen molar-refractivity contribution in [1.29, 1.82) is 0 Å². The third-order valence-corrected chi connectivity index (χ3v) is 12.3. The Morgan fingerprint density at radius 3 is 2.10 bits per heavy atom. The van der Waals surface area contributed by atoms with Crippen molar-refractivity contribution in [3.05, 3.63) is 227 Å². The molecular formula is C53H37N3O2. The Hall–Kier alpha value is -7.24. The number of hydrogen-bond donors (Lipinski definition) is 1. The van der Waals surface area contributed by atoms with Gasteiger partial charge in [-0.15, -0.1) is 0 Å². The summed E-state index contributed by atoms with van der Waals surface area (Å²) in [5.74, 6) is 2.54. The van der Waals surface area contributed by atoms with Crippen molar-refractivity contribution in [2.75, 3.05) is 0 Å². The highest BCUT2D eigenvalue weighted by Crippen LogP contribution is 2.53. The smallest absolute Gasteiger partial charge is 0.169 e. The lowest BCUT2D eigenvalue weighted by Gasteiger charge is -2.29. The van der Waals surface area contributed by atoms with Crippen LogP contribution < -0.4 is 10.1 Å². The summed E-state index contributed by atoms with van der Waals surface area (Å²) >= 11 is 0. The van der Waals surface area contributed by atoms with Gasteiger partial charge in [-0.2, -0.15) is 0 Å². The molecule has 5 heteroatoms. The average molecular weight is 748 g/mol. The van der Waals surface area contributed by atoms with Crippen LogP contribution in [0.2, 0.25) is 0 Å². The standard InChI is InChI=1S/C53H37N3O2/c1-3-15-32(16-4-1)51-54-52(33-17-5-2-6-18-33)56-53(55-51)41-26-14-30-46-50(41)48-39(24-12-28-44(48)58-46)38-23-11-27-43-47(38)49-40(25-13-29-45(49)57-43)42-31-34-19-7-8-20-35(34)36-21-9-10-22-37(36)42/h1-30,42,44,48,51H,31H2,(H,54,55,56). The Labute approximate surface area is 336 Å². The molecule has 12 rings (SSSR count). The van der Waals surface area contributed by atoms with Crippen molar-refractivity contribution in [1.82, 2.24) is 5.32 Å². The molecule has 0 fully saturated rings. The first-order chi connectivity index (χ1) is 28.8. The van der Waals surface area contributed by atoms with Crippen molar-refractivity contribution < 1.29 is 9.15 Å². The number of nitrogens with zero attached hydrogens (tertiary/aromatic N) is 2. The predicted molar refractivity (Wildman–Crippen MR) is 234 cm³/mol. The molecule has 5 nitrogen and oxygen atoms in total. The minimum atomic E-state index is -0.399.